The van der Waals surface area contributed by atoms with Gasteiger partial charge in [0.25, 0.3) is 0 Å². The molecule has 0 aromatic heterocycles. The maximum atomic E-state index is 11.6. The Morgan fingerprint density at radius 1 is 1.56 bits per heavy atom. The van der Waals surface area contributed by atoms with E-state index in [1.807, 2.05) is 0 Å². The van der Waals surface area contributed by atoms with Gasteiger partial charge in [-0.1, -0.05) is 6.08 Å². The normalized spacial score (nSPS) is 14.7. The van der Waals surface area contributed by atoms with Gasteiger partial charge in [-0.3, -0.25) is 9.59 Å². The maximum absolute atomic E-state index is 11.6. The largest absolute Gasteiger partial charge is 0.481 e. The molecule has 0 unspecified atom stereocenters. The van der Waals surface area contributed by atoms with Gasteiger partial charge in [0, 0.05) is 19.3 Å². The van der Waals surface area contributed by atoms with Crippen LogP contribution < -0.4 is 5.32 Å². The Hall–Kier alpha value is -1.36. The van der Waals surface area contributed by atoms with Gasteiger partial charge in [0.1, 0.15) is 0 Å². The molecule has 0 saturated heterocycles. The lowest BCUT2D eigenvalue weighted by Crippen LogP contribution is -2.35. The number of amides is 1. The van der Waals surface area contributed by atoms with Crippen molar-refractivity contribution in [3.8, 4) is 0 Å². The number of nitrogens with zero attached hydrogens (tertiary/aromatic N) is 1. The fourth-order valence-electron chi connectivity index (χ4n) is 1.63. The second-order valence-electron chi connectivity index (χ2n) is 3.86. The molecule has 0 aromatic carbocycles. The van der Waals surface area contributed by atoms with Crippen LogP contribution in [0.1, 0.15) is 25.7 Å². The maximum Gasteiger partial charge on any atom is 0.304 e. The number of likely N-dealkylation sites (N-methyl/N-ethyl adjacent to an activating group) is 1. The molecule has 0 aromatic rings. The van der Waals surface area contributed by atoms with E-state index < -0.39 is 5.97 Å². The van der Waals surface area contributed by atoms with Gasteiger partial charge in [-0.2, -0.15) is 0 Å². The van der Waals surface area contributed by atoms with Crippen LogP contribution in [0.15, 0.2) is 11.8 Å². The summed E-state index contributed by atoms with van der Waals surface area (Å²) in [7, 11) is 1.76. The van der Waals surface area contributed by atoms with E-state index in [2.05, 4.69) is 11.4 Å². The molecule has 0 aliphatic heterocycles. The Balaban J connectivity index is 2.21. The smallest absolute Gasteiger partial charge is 0.304 e. The number of hydrogen-bond acceptors (Lipinski definition) is 3. The third-order valence-corrected chi connectivity index (χ3v) is 2.61. The van der Waals surface area contributed by atoms with Crippen molar-refractivity contribution in [2.75, 3.05) is 20.1 Å². The summed E-state index contributed by atoms with van der Waals surface area (Å²) in [6.07, 6.45) is 5.23. The number of allylic oxidation sites excluding steroid dienone is 2. The Kier molecular flexibility index (Phi) is 4.98. The molecule has 1 rings (SSSR count). The van der Waals surface area contributed by atoms with Crippen LogP contribution in [0.2, 0.25) is 0 Å². The van der Waals surface area contributed by atoms with Gasteiger partial charge in [0.2, 0.25) is 5.91 Å². The molecule has 16 heavy (non-hydrogen) atoms. The van der Waals surface area contributed by atoms with Crippen LogP contribution in [0.3, 0.4) is 0 Å². The first-order chi connectivity index (χ1) is 7.61. The van der Waals surface area contributed by atoms with Gasteiger partial charge in [-0.05, 0) is 19.3 Å². The minimum absolute atomic E-state index is 0.0152. The molecule has 0 atom stereocenters. The summed E-state index contributed by atoms with van der Waals surface area (Å²) in [5.41, 5.74) is 1.07. The van der Waals surface area contributed by atoms with E-state index in [0.717, 1.165) is 25.0 Å². The van der Waals surface area contributed by atoms with Gasteiger partial charge in [0.05, 0.1) is 13.0 Å². The molecule has 5 nitrogen and oxygen atoms in total. The minimum Gasteiger partial charge on any atom is -0.481 e. The van der Waals surface area contributed by atoms with E-state index >= 15 is 0 Å². The van der Waals surface area contributed by atoms with E-state index in [0.29, 0.717) is 6.54 Å². The number of carboxylic acid groups (broad SMARTS) is 1. The molecule has 90 valence electrons. The first-order valence-corrected chi connectivity index (χ1v) is 5.49. The van der Waals surface area contributed by atoms with E-state index in [4.69, 9.17) is 5.11 Å². The molecule has 2 N–H and O–H groups in total. The number of nitrogens with one attached hydrogen (secondary N) is 1. The summed E-state index contributed by atoms with van der Waals surface area (Å²) in [5, 5.41) is 11.2. The number of carbonyl (C=O) groups is 2. The Morgan fingerprint density at radius 3 is 2.88 bits per heavy atom. The highest BCUT2D eigenvalue weighted by Gasteiger charge is 2.15. The molecule has 5 heteroatoms. The molecule has 0 bridgehead atoms. The van der Waals surface area contributed by atoms with Crippen molar-refractivity contribution in [2.24, 2.45) is 0 Å². The zero-order valence-electron chi connectivity index (χ0n) is 9.53. The average Bonchev–Trinajstić information content (AvgIpc) is 2.76. The summed E-state index contributed by atoms with van der Waals surface area (Å²) in [4.78, 5) is 23.5. The van der Waals surface area contributed by atoms with Crippen LogP contribution in [-0.2, 0) is 9.59 Å². The fourth-order valence-corrected chi connectivity index (χ4v) is 1.63. The fraction of sp³-hybridized carbons (Fsp3) is 0.636. The third-order valence-electron chi connectivity index (χ3n) is 2.61. The average molecular weight is 226 g/mol. The highest BCUT2D eigenvalue weighted by Crippen LogP contribution is 2.19. The quantitative estimate of drug-likeness (QED) is 0.650. The monoisotopic (exact) mass is 226 g/mol. The van der Waals surface area contributed by atoms with E-state index in [1.54, 1.807) is 11.9 Å². The summed E-state index contributed by atoms with van der Waals surface area (Å²) < 4.78 is 0. The zero-order chi connectivity index (χ0) is 12.0. The van der Waals surface area contributed by atoms with Crippen molar-refractivity contribution >= 4 is 11.9 Å². The molecule has 1 aliphatic rings. The topological polar surface area (TPSA) is 69.6 Å². The number of carbonyl (C=O) groups excluding carboxylic acids is 1. The van der Waals surface area contributed by atoms with Crippen LogP contribution >= 0.6 is 0 Å². The Bertz CT molecular complexity index is 300. The molecule has 1 amide bonds. The van der Waals surface area contributed by atoms with Gasteiger partial charge in [0.15, 0.2) is 0 Å². The second kappa shape index (κ2) is 6.27. The Morgan fingerprint density at radius 2 is 2.31 bits per heavy atom. The summed E-state index contributed by atoms with van der Waals surface area (Å²) in [6.45, 7) is 0.523. The first kappa shape index (κ1) is 12.7. The van der Waals surface area contributed by atoms with Gasteiger partial charge >= 0.3 is 5.97 Å². The van der Waals surface area contributed by atoms with E-state index in [1.165, 1.54) is 0 Å². The van der Waals surface area contributed by atoms with Gasteiger partial charge in [-0.15, -0.1) is 0 Å². The van der Waals surface area contributed by atoms with Crippen LogP contribution in [-0.4, -0.2) is 42.0 Å². The molecular weight excluding hydrogens is 208 g/mol. The molecule has 0 fully saturated rings. The zero-order valence-corrected chi connectivity index (χ0v) is 9.53. The van der Waals surface area contributed by atoms with Crippen LogP contribution in [0.25, 0.3) is 0 Å². The van der Waals surface area contributed by atoms with Crippen molar-refractivity contribution in [2.45, 2.75) is 25.7 Å². The van der Waals surface area contributed by atoms with Crippen molar-refractivity contribution in [1.29, 1.82) is 0 Å². The molecular formula is C11H18N2O3. The standard InChI is InChI=1S/C11H18N2O3/c1-13(9-4-2-3-5-9)10(14)8-12-7-6-11(15)16/h4,12H,2-3,5-8H2,1H3,(H,15,16). The van der Waals surface area contributed by atoms with Crippen molar-refractivity contribution in [3.63, 3.8) is 0 Å². The van der Waals surface area contributed by atoms with Crippen LogP contribution in [0, 0.1) is 0 Å². The Labute approximate surface area is 95.1 Å². The molecule has 0 heterocycles. The number of hydrogen-bond donors (Lipinski definition) is 2. The number of rotatable bonds is 6. The number of aliphatic carboxylic acids is 1. The summed E-state index contributed by atoms with van der Waals surface area (Å²) in [5.74, 6) is -0.870. The van der Waals surface area contributed by atoms with E-state index in [9.17, 15) is 9.59 Å². The lowest BCUT2D eigenvalue weighted by Gasteiger charge is -2.18. The first-order valence-electron chi connectivity index (χ1n) is 5.49. The predicted octanol–water partition coefficient (Wildman–Crippen LogP) is 0.577. The predicted molar refractivity (Wildman–Crippen MR) is 59.8 cm³/mol. The SMILES string of the molecule is CN(C(=O)CNCCC(=O)O)C1=CCCC1. The van der Waals surface area contributed by atoms with Crippen molar-refractivity contribution in [3.05, 3.63) is 11.8 Å². The van der Waals surface area contributed by atoms with Gasteiger partial charge in [-0.25, -0.2) is 0 Å². The van der Waals surface area contributed by atoms with Crippen molar-refractivity contribution < 1.29 is 14.7 Å². The highest BCUT2D eigenvalue weighted by atomic mass is 16.4. The second-order valence-corrected chi connectivity index (χ2v) is 3.86. The van der Waals surface area contributed by atoms with Crippen LogP contribution in [0.5, 0.6) is 0 Å². The van der Waals surface area contributed by atoms with E-state index in [-0.39, 0.29) is 18.9 Å². The lowest BCUT2D eigenvalue weighted by molar-refractivity contribution is -0.137. The molecule has 0 spiro atoms. The lowest BCUT2D eigenvalue weighted by atomic mass is 10.3. The molecule has 0 saturated carbocycles. The number of carboxylic acids is 1. The van der Waals surface area contributed by atoms with Gasteiger partial charge < -0.3 is 15.3 Å². The van der Waals surface area contributed by atoms with Crippen LogP contribution in [0.4, 0.5) is 0 Å². The summed E-state index contributed by atoms with van der Waals surface area (Å²) in [6, 6.07) is 0. The van der Waals surface area contributed by atoms with Crippen molar-refractivity contribution in [1.82, 2.24) is 10.2 Å². The highest BCUT2D eigenvalue weighted by molar-refractivity contribution is 5.79. The summed E-state index contributed by atoms with van der Waals surface area (Å²) >= 11 is 0. The molecule has 1 aliphatic carbocycles. The minimum atomic E-state index is -0.855. The molecule has 0 radical (unpaired) electrons. The third kappa shape index (κ3) is 4.02.